The third kappa shape index (κ3) is 3.84. The van der Waals surface area contributed by atoms with Gasteiger partial charge in [-0.3, -0.25) is 4.79 Å². The molecule has 0 amide bonds. The standard InChI is InChI=1S/C13H18O4S/c1-10(2)18(16,17)9-8-12(13(14)15)11-6-4-3-5-7-11/h3-7,10,12H,8-9H2,1-2H3,(H,14,15). The first-order valence-electron chi connectivity index (χ1n) is 5.84. The van der Waals surface area contributed by atoms with Gasteiger partial charge in [0.15, 0.2) is 9.84 Å². The number of benzene rings is 1. The summed E-state index contributed by atoms with van der Waals surface area (Å²) in [5, 5.41) is 8.70. The van der Waals surface area contributed by atoms with E-state index in [-0.39, 0.29) is 12.2 Å². The highest BCUT2D eigenvalue weighted by molar-refractivity contribution is 7.91. The average Bonchev–Trinajstić information content (AvgIpc) is 2.29. The summed E-state index contributed by atoms with van der Waals surface area (Å²) < 4.78 is 23.4. The predicted octanol–water partition coefficient (Wildman–Crippen LogP) is 2.07. The highest BCUT2D eigenvalue weighted by Gasteiger charge is 2.24. The van der Waals surface area contributed by atoms with Crippen molar-refractivity contribution in [1.29, 1.82) is 0 Å². The number of aliphatic carboxylic acids is 1. The van der Waals surface area contributed by atoms with Crippen molar-refractivity contribution in [1.82, 2.24) is 0 Å². The molecule has 0 fully saturated rings. The molecule has 1 rings (SSSR count). The second-order valence-corrected chi connectivity index (χ2v) is 7.18. The van der Waals surface area contributed by atoms with Crippen LogP contribution in [0.3, 0.4) is 0 Å². The van der Waals surface area contributed by atoms with Gasteiger partial charge in [0, 0.05) is 0 Å². The van der Waals surface area contributed by atoms with Gasteiger partial charge in [0.1, 0.15) is 0 Å². The van der Waals surface area contributed by atoms with Crippen LogP contribution in [-0.4, -0.2) is 30.5 Å². The molecule has 0 radical (unpaired) electrons. The Balaban J connectivity index is 2.82. The van der Waals surface area contributed by atoms with E-state index in [9.17, 15) is 13.2 Å². The lowest BCUT2D eigenvalue weighted by atomic mass is 9.97. The molecule has 0 saturated carbocycles. The number of rotatable bonds is 6. The van der Waals surface area contributed by atoms with E-state index in [2.05, 4.69) is 0 Å². The molecule has 1 aromatic rings. The van der Waals surface area contributed by atoms with Gasteiger partial charge in [-0.25, -0.2) is 8.42 Å². The van der Waals surface area contributed by atoms with E-state index in [1.807, 2.05) is 0 Å². The first kappa shape index (κ1) is 14.7. The lowest BCUT2D eigenvalue weighted by Crippen LogP contribution is -2.22. The smallest absolute Gasteiger partial charge is 0.311 e. The molecule has 0 bridgehead atoms. The Morgan fingerprint density at radius 1 is 1.22 bits per heavy atom. The molecule has 4 nitrogen and oxygen atoms in total. The van der Waals surface area contributed by atoms with E-state index in [0.29, 0.717) is 5.56 Å². The molecule has 5 heteroatoms. The van der Waals surface area contributed by atoms with E-state index in [4.69, 9.17) is 5.11 Å². The monoisotopic (exact) mass is 270 g/mol. The van der Waals surface area contributed by atoms with Crippen LogP contribution < -0.4 is 0 Å². The van der Waals surface area contributed by atoms with Crippen molar-refractivity contribution in [3.8, 4) is 0 Å². The van der Waals surface area contributed by atoms with Crippen molar-refractivity contribution in [2.75, 3.05) is 5.75 Å². The van der Waals surface area contributed by atoms with Crippen LogP contribution in [0.25, 0.3) is 0 Å². The number of carboxylic acids is 1. The van der Waals surface area contributed by atoms with Crippen molar-refractivity contribution in [3.63, 3.8) is 0 Å². The SMILES string of the molecule is CC(C)S(=O)(=O)CCC(C(=O)O)c1ccccc1. The molecule has 18 heavy (non-hydrogen) atoms. The van der Waals surface area contributed by atoms with Crippen LogP contribution >= 0.6 is 0 Å². The summed E-state index contributed by atoms with van der Waals surface area (Å²) in [7, 11) is -3.20. The Hall–Kier alpha value is -1.36. The first-order chi connectivity index (χ1) is 8.34. The van der Waals surface area contributed by atoms with Crippen LogP contribution in [0.1, 0.15) is 31.7 Å². The molecule has 100 valence electrons. The Morgan fingerprint density at radius 3 is 2.22 bits per heavy atom. The molecule has 0 aliphatic carbocycles. The first-order valence-corrected chi connectivity index (χ1v) is 7.55. The second kappa shape index (κ2) is 6.00. The van der Waals surface area contributed by atoms with Crippen molar-refractivity contribution < 1.29 is 18.3 Å². The normalized spacial score (nSPS) is 13.5. The Bertz CT molecular complexity index is 491. The van der Waals surface area contributed by atoms with Crippen LogP contribution in [0.5, 0.6) is 0 Å². The van der Waals surface area contributed by atoms with E-state index in [1.54, 1.807) is 44.2 Å². The number of sulfone groups is 1. The summed E-state index contributed by atoms with van der Waals surface area (Å²) in [6.45, 7) is 3.21. The van der Waals surface area contributed by atoms with Gasteiger partial charge in [-0.2, -0.15) is 0 Å². The van der Waals surface area contributed by atoms with Crippen LogP contribution in [0, 0.1) is 0 Å². The molecule has 0 heterocycles. The van der Waals surface area contributed by atoms with E-state index < -0.39 is 27.0 Å². The molecule has 1 aromatic carbocycles. The van der Waals surface area contributed by atoms with Crippen LogP contribution in [0.15, 0.2) is 30.3 Å². The fourth-order valence-electron chi connectivity index (χ4n) is 1.64. The predicted molar refractivity (Wildman–Crippen MR) is 70.4 cm³/mol. The summed E-state index contributed by atoms with van der Waals surface area (Å²) in [4.78, 5) is 11.2. The van der Waals surface area contributed by atoms with E-state index in [1.165, 1.54) is 0 Å². The Labute approximate surface area is 108 Å². The molecule has 1 N–H and O–H groups in total. The molecular formula is C13H18O4S. The molecule has 0 aliphatic rings. The molecular weight excluding hydrogens is 252 g/mol. The van der Waals surface area contributed by atoms with Crippen molar-refractivity contribution in [2.45, 2.75) is 31.4 Å². The number of carbonyl (C=O) groups is 1. The summed E-state index contributed by atoms with van der Waals surface area (Å²) in [5.41, 5.74) is 0.643. The Kier molecular flexibility index (Phi) is 4.90. The van der Waals surface area contributed by atoms with Gasteiger partial charge in [-0.15, -0.1) is 0 Å². The molecule has 1 atom stereocenters. The fourth-order valence-corrected chi connectivity index (χ4v) is 2.67. The zero-order chi connectivity index (χ0) is 13.8. The van der Waals surface area contributed by atoms with Crippen LogP contribution in [0.4, 0.5) is 0 Å². The largest absolute Gasteiger partial charge is 0.481 e. The van der Waals surface area contributed by atoms with Crippen molar-refractivity contribution >= 4 is 15.8 Å². The maximum Gasteiger partial charge on any atom is 0.311 e. The third-order valence-electron chi connectivity index (χ3n) is 2.91. The zero-order valence-corrected chi connectivity index (χ0v) is 11.4. The van der Waals surface area contributed by atoms with Gasteiger partial charge < -0.3 is 5.11 Å². The highest BCUT2D eigenvalue weighted by atomic mass is 32.2. The number of hydrogen-bond donors (Lipinski definition) is 1. The molecule has 0 aliphatic heterocycles. The maximum atomic E-state index is 11.7. The molecule has 1 unspecified atom stereocenters. The maximum absolute atomic E-state index is 11.7. The average molecular weight is 270 g/mol. The van der Waals surface area contributed by atoms with Gasteiger partial charge in [0.2, 0.25) is 0 Å². The van der Waals surface area contributed by atoms with E-state index >= 15 is 0 Å². The van der Waals surface area contributed by atoms with Gasteiger partial charge >= 0.3 is 5.97 Å². The highest BCUT2D eigenvalue weighted by Crippen LogP contribution is 2.21. The third-order valence-corrected chi connectivity index (χ3v) is 5.15. The quantitative estimate of drug-likeness (QED) is 0.859. The second-order valence-electron chi connectivity index (χ2n) is 4.51. The zero-order valence-electron chi connectivity index (χ0n) is 10.5. The number of carboxylic acid groups (broad SMARTS) is 1. The lowest BCUT2D eigenvalue weighted by molar-refractivity contribution is -0.138. The summed E-state index contributed by atoms with van der Waals surface area (Å²) in [6, 6.07) is 8.72. The van der Waals surface area contributed by atoms with Crippen LogP contribution in [-0.2, 0) is 14.6 Å². The number of hydrogen-bond acceptors (Lipinski definition) is 3. The summed E-state index contributed by atoms with van der Waals surface area (Å²) >= 11 is 0. The minimum atomic E-state index is -3.20. The van der Waals surface area contributed by atoms with Crippen molar-refractivity contribution in [2.24, 2.45) is 0 Å². The van der Waals surface area contributed by atoms with Gasteiger partial charge in [0.25, 0.3) is 0 Å². The van der Waals surface area contributed by atoms with Gasteiger partial charge in [0.05, 0.1) is 16.9 Å². The Morgan fingerprint density at radius 2 is 1.78 bits per heavy atom. The lowest BCUT2D eigenvalue weighted by Gasteiger charge is -2.14. The van der Waals surface area contributed by atoms with Crippen LogP contribution in [0.2, 0.25) is 0 Å². The minimum Gasteiger partial charge on any atom is -0.481 e. The van der Waals surface area contributed by atoms with E-state index in [0.717, 1.165) is 0 Å². The molecule has 0 saturated heterocycles. The van der Waals surface area contributed by atoms with Gasteiger partial charge in [-0.1, -0.05) is 30.3 Å². The minimum absolute atomic E-state index is 0.101. The molecule has 0 aromatic heterocycles. The fraction of sp³-hybridized carbons (Fsp3) is 0.462. The summed E-state index contributed by atoms with van der Waals surface area (Å²) in [6.07, 6.45) is 0.111. The topological polar surface area (TPSA) is 71.4 Å². The summed E-state index contributed by atoms with van der Waals surface area (Å²) in [5.74, 6) is -1.85. The molecule has 0 spiro atoms. The van der Waals surface area contributed by atoms with Gasteiger partial charge in [-0.05, 0) is 25.8 Å². The van der Waals surface area contributed by atoms with Crippen molar-refractivity contribution in [3.05, 3.63) is 35.9 Å².